The number of hydrogen-bond acceptors (Lipinski definition) is 8. The van der Waals surface area contributed by atoms with Gasteiger partial charge in [-0.05, 0) is 56.4 Å². The Kier molecular flexibility index (Phi) is 4.35. The molecule has 2 saturated carbocycles. The van der Waals surface area contributed by atoms with Gasteiger partial charge in [-0.3, -0.25) is 4.98 Å². The molecule has 4 aromatic rings. The fraction of sp³-hybridized carbons (Fsp3) is 0.333. The van der Waals surface area contributed by atoms with E-state index in [-0.39, 0.29) is 10.8 Å². The van der Waals surface area contributed by atoms with E-state index in [4.69, 9.17) is 10.2 Å². The Morgan fingerprint density at radius 3 is 2.76 bits per heavy atom. The van der Waals surface area contributed by atoms with Crippen LogP contribution in [0.5, 0.6) is 0 Å². The molecule has 9 heteroatoms. The number of carbonyl (C=O) groups excluding carboxylic acids is 1. The summed E-state index contributed by atoms with van der Waals surface area (Å²) in [7, 11) is 1.88. The predicted octanol–water partition coefficient (Wildman–Crippen LogP) is 4.23. The molecule has 2 aliphatic rings. The summed E-state index contributed by atoms with van der Waals surface area (Å²) >= 11 is 1.62. The lowest BCUT2D eigenvalue weighted by Gasteiger charge is -2.23. The van der Waals surface area contributed by atoms with Gasteiger partial charge in [0, 0.05) is 29.8 Å². The number of nitrogens with one attached hydrogen (secondary N) is 1. The first kappa shape index (κ1) is 20.0. The van der Waals surface area contributed by atoms with Gasteiger partial charge in [0.25, 0.3) is 0 Å². The maximum atomic E-state index is 11.6. The van der Waals surface area contributed by atoms with Crippen molar-refractivity contribution in [2.45, 2.75) is 37.5 Å². The third-order valence-electron chi connectivity index (χ3n) is 7.32. The van der Waals surface area contributed by atoms with E-state index in [2.05, 4.69) is 26.7 Å². The fourth-order valence-corrected chi connectivity index (χ4v) is 6.59. The molecule has 0 aromatic carbocycles. The lowest BCUT2D eigenvalue weighted by atomic mass is 9.83. The Morgan fingerprint density at radius 2 is 2.03 bits per heavy atom. The molecule has 0 radical (unpaired) electrons. The molecule has 33 heavy (non-hydrogen) atoms. The highest BCUT2D eigenvalue weighted by atomic mass is 32.1. The van der Waals surface area contributed by atoms with E-state index in [1.54, 1.807) is 28.1 Å². The van der Waals surface area contributed by atoms with Gasteiger partial charge >= 0.3 is 0 Å². The summed E-state index contributed by atoms with van der Waals surface area (Å²) in [4.78, 5) is 16.3. The van der Waals surface area contributed by atoms with Crippen LogP contribution in [0, 0.1) is 16.7 Å². The molecule has 8 nitrogen and oxygen atoms in total. The van der Waals surface area contributed by atoms with Crippen LogP contribution in [-0.2, 0) is 10.2 Å². The van der Waals surface area contributed by atoms with E-state index in [1.807, 2.05) is 31.4 Å². The van der Waals surface area contributed by atoms with Gasteiger partial charge in [0.15, 0.2) is 5.01 Å². The van der Waals surface area contributed by atoms with Crippen LogP contribution in [0.2, 0.25) is 0 Å². The van der Waals surface area contributed by atoms with Crippen molar-refractivity contribution in [3.8, 4) is 28.0 Å². The Balaban J connectivity index is 1.35. The molecule has 4 aromatic heterocycles. The number of carbonyl (C=O) groups is 1. The molecule has 0 spiro atoms. The number of rotatable bonds is 5. The van der Waals surface area contributed by atoms with Gasteiger partial charge in [-0.25, -0.2) is 4.52 Å². The first-order valence-electron chi connectivity index (χ1n) is 11.0. The standard InChI is InChI=1S/C24H21N7OS/c1-26-18-9-19(20-3-2-16-8-15(10-25)11-28-31(16)20)27-12-17(18)21-29-30-22(33-21)24-6-4-23(13-24,14-32)5-7-24/h2-3,8-9,11-12,14H,4-7,13H2,1H3,(H,26,27). The van der Waals surface area contributed by atoms with E-state index in [1.165, 1.54) is 6.29 Å². The highest BCUT2D eigenvalue weighted by Crippen LogP contribution is 2.62. The molecule has 2 fully saturated rings. The zero-order valence-corrected chi connectivity index (χ0v) is 18.9. The molecule has 2 bridgehead atoms. The maximum absolute atomic E-state index is 11.6. The van der Waals surface area contributed by atoms with Gasteiger partial charge in [0.05, 0.1) is 34.2 Å². The molecule has 4 heterocycles. The third kappa shape index (κ3) is 2.98. The van der Waals surface area contributed by atoms with Crippen molar-refractivity contribution < 1.29 is 4.79 Å². The summed E-state index contributed by atoms with van der Waals surface area (Å²) in [6.07, 6.45) is 9.39. The van der Waals surface area contributed by atoms with Gasteiger partial charge in [-0.15, -0.1) is 10.2 Å². The molecule has 6 rings (SSSR count). The average molecular weight is 456 g/mol. The molecule has 164 valence electrons. The highest BCUT2D eigenvalue weighted by molar-refractivity contribution is 7.14. The zero-order valence-electron chi connectivity index (χ0n) is 18.1. The van der Waals surface area contributed by atoms with E-state index < -0.39 is 0 Å². The number of aldehydes is 1. The molecular formula is C24H21N7OS. The molecule has 2 aliphatic carbocycles. The summed E-state index contributed by atoms with van der Waals surface area (Å²) < 4.78 is 1.78. The molecular weight excluding hydrogens is 434 g/mol. The van der Waals surface area contributed by atoms with Crippen LogP contribution < -0.4 is 5.32 Å². The first-order chi connectivity index (χ1) is 16.1. The van der Waals surface area contributed by atoms with Crippen LogP contribution >= 0.6 is 11.3 Å². The molecule has 0 unspecified atom stereocenters. The van der Waals surface area contributed by atoms with Crippen molar-refractivity contribution >= 4 is 28.8 Å². The van der Waals surface area contributed by atoms with Gasteiger partial charge in [-0.2, -0.15) is 10.4 Å². The van der Waals surface area contributed by atoms with Crippen LogP contribution in [0.4, 0.5) is 5.69 Å². The van der Waals surface area contributed by atoms with Crippen molar-refractivity contribution in [2.75, 3.05) is 12.4 Å². The van der Waals surface area contributed by atoms with Crippen molar-refractivity contribution in [3.05, 3.63) is 47.2 Å². The lowest BCUT2D eigenvalue weighted by Crippen LogP contribution is -2.19. The summed E-state index contributed by atoms with van der Waals surface area (Å²) in [6, 6.07) is 9.78. The largest absolute Gasteiger partial charge is 0.387 e. The normalized spacial score (nSPS) is 23.6. The van der Waals surface area contributed by atoms with Crippen LogP contribution in [0.15, 0.2) is 36.7 Å². The molecule has 0 amide bonds. The molecule has 1 N–H and O–H groups in total. The molecule has 0 aliphatic heterocycles. The number of fused-ring (bicyclic) bond motifs is 3. The maximum Gasteiger partial charge on any atom is 0.151 e. The number of nitriles is 1. The topological polar surface area (TPSA) is 109 Å². The molecule has 0 saturated heterocycles. The third-order valence-corrected chi connectivity index (χ3v) is 8.52. The smallest absolute Gasteiger partial charge is 0.151 e. The lowest BCUT2D eigenvalue weighted by molar-refractivity contribution is -0.115. The summed E-state index contributed by atoms with van der Waals surface area (Å²) in [5.41, 5.74) is 4.64. The SMILES string of the molecule is CNc1cc(-c2ccc3cc(C#N)cnn23)ncc1-c1nnc(C23CCC(C=O)(CC2)C3)s1. The zero-order chi connectivity index (χ0) is 22.6. The summed E-state index contributed by atoms with van der Waals surface area (Å²) in [5.74, 6) is 0. The Morgan fingerprint density at radius 1 is 1.18 bits per heavy atom. The minimum Gasteiger partial charge on any atom is -0.387 e. The van der Waals surface area contributed by atoms with Crippen molar-refractivity contribution in [2.24, 2.45) is 5.41 Å². The summed E-state index contributed by atoms with van der Waals surface area (Å²) in [6.45, 7) is 0. The Labute approximate surface area is 194 Å². The second-order valence-corrected chi connectivity index (χ2v) is 10.1. The van der Waals surface area contributed by atoms with Crippen LogP contribution in [0.25, 0.3) is 27.5 Å². The number of hydrogen-bond donors (Lipinski definition) is 1. The van der Waals surface area contributed by atoms with Crippen LogP contribution in [0.3, 0.4) is 0 Å². The number of anilines is 1. The monoisotopic (exact) mass is 455 g/mol. The van der Waals surface area contributed by atoms with Crippen molar-refractivity contribution in [1.82, 2.24) is 24.8 Å². The van der Waals surface area contributed by atoms with Crippen LogP contribution in [0.1, 0.15) is 42.7 Å². The van der Waals surface area contributed by atoms with E-state index in [0.29, 0.717) is 5.56 Å². The van der Waals surface area contributed by atoms with Gasteiger partial charge in [0.1, 0.15) is 17.4 Å². The van der Waals surface area contributed by atoms with Crippen molar-refractivity contribution in [1.29, 1.82) is 5.26 Å². The van der Waals surface area contributed by atoms with Crippen molar-refractivity contribution in [3.63, 3.8) is 0 Å². The van der Waals surface area contributed by atoms with E-state index >= 15 is 0 Å². The number of nitrogens with zero attached hydrogens (tertiary/aromatic N) is 6. The van der Waals surface area contributed by atoms with E-state index in [0.717, 1.165) is 70.3 Å². The second kappa shape index (κ2) is 7.18. The van der Waals surface area contributed by atoms with Crippen LogP contribution in [-0.4, -0.2) is 38.1 Å². The number of aromatic nitrogens is 5. The minimum absolute atomic E-state index is 0.00277. The number of pyridine rings is 1. The first-order valence-corrected chi connectivity index (χ1v) is 11.8. The Bertz CT molecular complexity index is 1440. The predicted molar refractivity (Wildman–Crippen MR) is 125 cm³/mol. The molecule has 0 atom stereocenters. The Hall–Kier alpha value is -3.64. The average Bonchev–Trinajstić information content (AvgIpc) is 3.65. The second-order valence-electron chi connectivity index (χ2n) is 9.13. The quantitative estimate of drug-likeness (QED) is 0.449. The fourth-order valence-electron chi connectivity index (χ4n) is 5.48. The van der Waals surface area contributed by atoms with Gasteiger partial charge in [-0.1, -0.05) is 11.3 Å². The highest BCUT2D eigenvalue weighted by Gasteiger charge is 2.56. The van der Waals surface area contributed by atoms with Gasteiger partial charge < -0.3 is 10.1 Å². The van der Waals surface area contributed by atoms with Gasteiger partial charge in [0.2, 0.25) is 0 Å². The minimum atomic E-state index is -0.146. The summed E-state index contributed by atoms with van der Waals surface area (Å²) in [5, 5.41) is 27.7. The van der Waals surface area contributed by atoms with E-state index in [9.17, 15) is 4.79 Å².